The summed E-state index contributed by atoms with van der Waals surface area (Å²) in [4.78, 5) is 16.7. The van der Waals surface area contributed by atoms with Gasteiger partial charge in [0.15, 0.2) is 0 Å². The van der Waals surface area contributed by atoms with Crippen LogP contribution in [-0.4, -0.2) is 27.8 Å². The first kappa shape index (κ1) is 15.7. The van der Waals surface area contributed by atoms with Gasteiger partial charge in [0.25, 0.3) is 5.91 Å². The Kier molecular flexibility index (Phi) is 4.29. The minimum atomic E-state index is -0.244. The summed E-state index contributed by atoms with van der Waals surface area (Å²) in [7, 11) is 3.37. The Morgan fingerprint density at radius 2 is 1.96 bits per heavy atom. The first-order valence-corrected chi connectivity index (χ1v) is 7.50. The van der Waals surface area contributed by atoms with Crippen LogP contribution in [0, 0.1) is 6.92 Å². The summed E-state index contributed by atoms with van der Waals surface area (Å²) >= 11 is 0. The maximum Gasteiger partial charge on any atom is 0.275 e. The number of ether oxygens (including phenoxy) is 1. The molecule has 6 nitrogen and oxygen atoms in total. The summed E-state index contributed by atoms with van der Waals surface area (Å²) in [6, 6.07) is 13.0. The van der Waals surface area contributed by atoms with E-state index in [9.17, 15) is 4.79 Å². The van der Waals surface area contributed by atoms with Crippen molar-refractivity contribution in [3.05, 3.63) is 59.9 Å². The maximum atomic E-state index is 12.5. The number of nitrogens with one attached hydrogen (secondary N) is 1. The molecule has 2 heterocycles. The van der Waals surface area contributed by atoms with Crippen molar-refractivity contribution in [3.63, 3.8) is 0 Å². The highest BCUT2D eigenvalue weighted by atomic mass is 16.5. The van der Waals surface area contributed by atoms with E-state index in [-0.39, 0.29) is 5.91 Å². The molecule has 0 spiro atoms. The van der Waals surface area contributed by atoms with Crippen LogP contribution in [-0.2, 0) is 7.05 Å². The molecular formula is C18H18N4O2. The van der Waals surface area contributed by atoms with Gasteiger partial charge >= 0.3 is 0 Å². The molecule has 1 aromatic carbocycles. The first-order chi connectivity index (χ1) is 11.6. The van der Waals surface area contributed by atoms with Crippen LogP contribution in [0.5, 0.6) is 5.75 Å². The van der Waals surface area contributed by atoms with Crippen molar-refractivity contribution < 1.29 is 9.53 Å². The Morgan fingerprint density at radius 1 is 1.21 bits per heavy atom. The van der Waals surface area contributed by atoms with Crippen LogP contribution >= 0.6 is 0 Å². The molecule has 0 aliphatic carbocycles. The molecule has 24 heavy (non-hydrogen) atoms. The van der Waals surface area contributed by atoms with Gasteiger partial charge in [-0.25, -0.2) is 4.98 Å². The van der Waals surface area contributed by atoms with Gasteiger partial charge in [0, 0.05) is 18.8 Å². The quantitative estimate of drug-likeness (QED) is 0.801. The average Bonchev–Trinajstić information content (AvgIpc) is 2.99. The predicted molar refractivity (Wildman–Crippen MR) is 92.1 cm³/mol. The molecule has 2 aromatic heterocycles. The topological polar surface area (TPSA) is 69.0 Å². The van der Waals surface area contributed by atoms with E-state index in [1.807, 2.05) is 43.3 Å². The third kappa shape index (κ3) is 3.12. The molecule has 0 radical (unpaired) electrons. The van der Waals surface area contributed by atoms with Crippen LogP contribution in [0.2, 0.25) is 0 Å². The molecule has 0 aliphatic heterocycles. The van der Waals surface area contributed by atoms with E-state index < -0.39 is 0 Å². The van der Waals surface area contributed by atoms with Crippen LogP contribution in [0.25, 0.3) is 11.3 Å². The zero-order chi connectivity index (χ0) is 17.1. The second kappa shape index (κ2) is 6.54. The molecule has 0 saturated carbocycles. The molecule has 1 amide bonds. The van der Waals surface area contributed by atoms with Crippen molar-refractivity contribution in [1.29, 1.82) is 0 Å². The number of carbonyl (C=O) groups is 1. The van der Waals surface area contributed by atoms with Crippen LogP contribution in [0.3, 0.4) is 0 Å². The number of hydrogen-bond acceptors (Lipinski definition) is 4. The molecule has 0 aliphatic rings. The van der Waals surface area contributed by atoms with Crippen molar-refractivity contribution >= 4 is 11.7 Å². The lowest BCUT2D eigenvalue weighted by Gasteiger charge is -2.06. The molecule has 122 valence electrons. The van der Waals surface area contributed by atoms with Crippen molar-refractivity contribution in [3.8, 4) is 17.0 Å². The van der Waals surface area contributed by atoms with E-state index in [0.717, 1.165) is 22.6 Å². The van der Waals surface area contributed by atoms with E-state index in [2.05, 4.69) is 15.4 Å². The number of methoxy groups -OCH3 is 1. The van der Waals surface area contributed by atoms with Gasteiger partial charge < -0.3 is 10.1 Å². The number of aryl methyl sites for hydroxylation is 2. The fourth-order valence-electron chi connectivity index (χ4n) is 2.37. The Labute approximate surface area is 140 Å². The van der Waals surface area contributed by atoms with Crippen LogP contribution in [0.1, 0.15) is 16.1 Å². The third-order valence-corrected chi connectivity index (χ3v) is 3.74. The maximum absolute atomic E-state index is 12.5. The Balaban J connectivity index is 1.85. The van der Waals surface area contributed by atoms with Crippen LogP contribution < -0.4 is 10.1 Å². The number of carbonyl (C=O) groups excluding carboxylic acids is 1. The van der Waals surface area contributed by atoms with Crippen molar-refractivity contribution in [2.24, 2.45) is 7.05 Å². The minimum absolute atomic E-state index is 0.244. The summed E-state index contributed by atoms with van der Waals surface area (Å²) in [5.41, 5.74) is 3.01. The largest absolute Gasteiger partial charge is 0.497 e. The zero-order valence-electron chi connectivity index (χ0n) is 13.8. The number of aromatic nitrogens is 3. The second-order valence-electron chi connectivity index (χ2n) is 5.39. The molecule has 0 fully saturated rings. The molecule has 1 N–H and O–H groups in total. The number of amides is 1. The van der Waals surface area contributed by atoms with E-state index >= 15 is 0 Å². The highest BCUT2D eigenvalue weighted by Gasteiger charge is 2.15. The SMILES string of the molecule is COc1ccc(-c2cc(C(=O)Nc3ncccc3C)n(C)n2)cc1. The summed E-state index contributed by atoms with van der Waals surface area (Å²) in [5, 5.41) is 7.24. The fourth-order valence-corrected chi connectivity index (χ4v) is 2.37. The number of rotatable bonds is 4. The first-order valence-electron chi connectivity index (χ1n) is 7.50. The van der Waals surface area contributed by atoms with Crippen molar-refractivity contribution in [2.75, 3.05) is 12.4 Å². The smallest absolute Gasteiger partial charge is 0.275 e. The summed E-state index contributed by atoms with van der Waals surface area (Å²) in [6.07, 6.45) is 1.65. The van der Waals surface area contributed by atoms with Gasteiger partial charge in [0.1, 0.15) is 17.3 Å². The van der Waals surface area contributed by atoms with Crippen molar-refractivity contribution in [1.82, 2.24) is 14.8 Å². The molecule has 0 saturated heterocycles. The fraction of sp³-hybridized carbons (Fsp3) is 0.167. The van der Waals surface area contributed by atoms with E-state index in [1.165, 1.54) is 0 Å². The van der Waals surface area contributed by atoms with Crippen LogP contribution in [0.15, 0.2) is 48.7 Å². The highest BCUT2D eigenvalue weighted by Crippen LogP contribution is 2.22. The Hall–Kier alpha value is -3.15. The highest BCUT2D eigenvalue weighted by molar-refractivity contribution is 6.03. The van der Waals surface area contributed by atoms with E-state index in [4.69, 9.17) is 4.74 Å². The molecular weight excluding hydrogens is 304 g/mol. The van der Waals surface area contributed by atoms with E-state index in [1.54, 1.807) is 31.1 Å². The number of nitrogens with zero attached hydrogens (tertiary/aromatic N) is 3. The zero-order valence-corrected chi connectivity index (χ0v) is 13.8. The van der Waals surface area contributed by atoms with E-state index in [0.29, 0.717) is 11.5 Å². The molecule has 0 atom stereocenters. The predicted octanol–water partition coefficient (Wildman–Crippen LogP) is 3.05. The average molecular weight is 322 g/mol. The number of hydrogen-bond donors (Lipinski definition) is 1. The van der Waals surface area contributed by atoms with Gasteiger partial charge in [-0.15, -0.1) is 0 Å². The number of benzene rings is 1. The summed E-state index contributed by atoms with van der Waals surface area (Å²) in [6.45, 7) is 1.90. The monoisotopic (exact) mass is 322 g/mol. The number of pyridine rings is 1. The lowest BCUT2D eigenvalue weighted by Crippen LogP contribution is -2.17. The standard InChI is InChI=1S/C18H18N4O2/c1-12-5-4-10-19-17(12)20-18(23)16-11-15(21-22(16)2)13-6-8-14(24-3)9-7-13/h4-11H,1-3H3,(H,19,20,23). The Bertz CT molecular complexity index is 869. The minimum Gasteiger partial charge on any atom is -0.497 e. The van der Waals surface area contributed by atoms with Gasteiger partial charge in [-0.05, 0) is 48.9 Å². The van der Waals surface area contributed by atoms with Crippen LogP contribution in [0.4, 0.5) is 5.82 Å². The molecule has 0 bridgehead atoms. The van der Waals surface area contributed by atoms with Gasteiger partial charge in [-0.1, -0.05) is 6.07 Å². The third-order valence-electron chi connectivity index (χ3n) is 3.74. The lowest BCUT2D eigenvalue weighted by atomic mass is 10.1. The second-order valence-corrected chi connectivity index (χ2v) is 5.39. The molecule has 3 aromatic rings. The van der Waals surface area contributed by atoms with Gasteiger partial charge in [0.2, 0.25) is 0 Å². The summed E-state index contributed by atoms with van der Waals surface area (Å²) in [5.74, 6) is 1.08. The molecule has 0 unspecified atom stereocenters. The van der Waals surface area contributed by atoms with Gasteiger partial charge in [-0.3, -0.25) is 9.48 Å². The normalized spacial score (nSPS) is 10.5. The van der Waals surface area contributed by atoms with Crippen molar-refractivity contribution in [2.45, 2.75) is 6.92 Å². The summed E-state index contributed by atoms with van der Waals surface area (Å²) < 4.78 is 6.72. The van der Waals surface area contributed by atoms with Gasteiger partial charge in [0.05, 0.1) is 12.8 Å². The molecule has 6 heteroatoms. The molecule has 3 rings (SSSR count). The number of anilines is 1. The van der Waals surface area contributed by atoms with Gasteiger partial charge in [-0.2, -0.15) is 5.10 Å². The lowest BCUT2D eigenvalue weighted by molar-refractivity contribution is 0.101. The Morgan fingerprint density at radius 3 is 2.62 bits per heavy atom.